The third kappa shape index (κ3) is 7.41. The first-order valence-electron chi connectivity index (χ1n) is 16.2. The number of carbonyl (C=O) groups is 3. The van der Waals surface area contributed by atoms with Crippen molar-refractivity contribution in [1.29, 1.82) is 0 Å². The second-order valence-corrected chi connectivity index (χ2v) is 13.8. The van der Waals surface area contributed by atoms with Gasteiger partial charge in [-0.3, -0.25) is 0 Å². The van der Waals surface area contributed by atoms with Crippen LogP contribution in [0.15, 0.2) is 97.1 Å². The average Bonchev–Trinajstić information content (AvgIpc) is 3.07. The molecule has 0 bridgehead atoms. The van der Waals surface area contributed by atoms with Crippen LogP contribution in [0.1, 0.15) is 80.3 Å². The number of benzene rings is 4. The maximum atomic E-state index is 13.2. The lowest BCUT2D eigenvalue weighted by Gasteiger charge is -2.61. The maximum absolute atomic E-state index is 13.2. The van der Waals surface area contributed by atoms with Gasteiger partial charge in [0.1, 0.15) is 35.2 Å². The van der Waals surface area contributed by atoms with E-state index in [-0.39, 0.29) is 22.5 Å². The van der Waals surface area contributed by atoms with E-state index in [2.05, 4.69) is 13.8 Å². The van der Waals surface area contributed by atoms with Crippen LogP contribution in [-0.2, 0) is 14.9 Å². The summed E-state index contributed by atoms with van der Waals surface area (Å²) >= 11 is 0. The average molecular weight is 667 g/mol. The van der Waals surface area contributed by atoms with Crippen LogP contribution in [0, 0.1) is 10.8 Å². The van der Waals surface area contributed by atoms with Gasteiger partial charge in [-0.25, -0.2) is 14.4 Å². The van der Waals surface area contributed by atoms with Gasteiger partial charge in [0.2, 0.25) is 0 Å². The molecule has 0 radical (unpaired) electrons. The third-order valence-corrected chi connectivity index (χ3v) is 9.21. The van der Waals surface area contributed by atoms with Crippen LogP contribution in [0.3, 0.4) is 0 Å². The van der Waals surface area contributed by atoms with E-state index in [1.807, 2.05) is 58.9 Å². The van der Waals surface area contributed by atoms with E-state index in [0.717, 1.165) is 11.1 Å². The number of ether oxygens (including phenoxy) is 5. The highest BCUT2D eigenvalue weighted by atomic mass is 16.7. The minimum Gasteiger partial charge on any atom is -0.508 e. The third-order valence-electron chi connectivity index (χ3n) is 9.21. The summed E-state index contributed by atoms with van der Waals surface area (Å²) in [7, 11) is 0. The van der Waals surface area contributed by atoms with Crippen LogP contribution < -0.4 is 14.2 Å². The Morgan fingerprint density at radius 2 is 0.980 bits per heavy atom. The molecule has 1 saturated carbocycles. The summed E-state index contributed by atoms with van der Waals surface area (Å²) in [5.74, 6) is 0.368. The van der Waals surface area contributed by atoms with Crippen molar-refractivity contribution in [2.75, 3.05) is 6.61 Å². The van der Waals surface area contributed by atoms with Gasteiger partial charge in [-0.05, 0) is 90.8 Å². The van der Waals surface area contributed by atoms with Gasteiger partial charge in [-0.1, -0.05) is 65.8 Å². The molecule has 9 nitrogen and oxygen atoms in total. The molecule has 0 heterocycles. The van der Waals surface area contributed by atoms with Crippen molar-refractivity contribution >= 4 is 18.1 Å². The molecular formula is C40H42O9. The van der Waals surface area contributed by atoms with Crippen LogP contribution in [0.2, 0.25) is 0 Å². The molecule has 1 aliphatic rings. The van der Waals surface area contributed by atoms with Gasteiger partial charge in [0, 0.05) is 16.2 Å². The summed E-state index contributed by atoms with van der Waals surface area (Å²) in [6.45, 7) is 14.2. The Hall–Kier alpha value is -5.31. The fourth-order valence-corrected chi connectivity index (χ4v) is 6.76. The predicted molar refractivity (Wildman–Crippen MR) is 183 cm³/mol. The molecule has 5 rings (SSSR count). The molecule has 1 fully saturated rings. The second kappa shape index (κ2) is 13.7. The van der Waals surface area contributed by atoms with E-state index in [9.17, 15) is 19.5 Å². The molecule has 1 aliphatic carbocycles. The number of phenols is 1. The monoisotopic (exact) mass is 666 g/mol. The molecule has 9 heteroatoms. The lowest BCUT2D eigenvalue weighted by molar-refractivity contribution is -0.246. The van der Waals surface area contributed by atoms with Crippen LogP contribution in [0.4, 0.5) is 4.79 Å². The smallest absolute Gasteiger partial charge is 0.508 e. The van der Waals surface area contributed by atoms with E-state index in [0.29, 0.717) is 23.7 Å². The Bertz CT molecular complexity index is 1770. The zero-order chi connectivity index (χ0) is 35.6. The van der Waals surface area contributed by atoms with Gasteiger partial charge >= 0.3 is 18.1 Å². The van der Waals surface area contributed by atoms with Crippen molar-refractivity contribution in [2.24, 2.45) is 10.8 Å². The van der Waals surface area contributed by atoms with Crippen molar-refractivity contribution < 1.29 is 43.2 Å². The summed E-state index contributed by atoms with van der Waals surface area (Å²) < 4.78 is 28.0. The summed E-state index contributed by atoms with van der Waals surface area (Å²) in [6, 6.07) is 26.9. The van der Waals surface area contributed by atoms with Crippen LogP contribution in [0.25, 0.3) is 0 Å². The number of phenolic OH excluding ortho intramolecular Hbond substituents is 1. The molecule has 0 aromatic heterocycles. The first-order valence-corrected chi connectivity index (χ1v) is 16.2. The Morgan fingerprint density at radius 3 is 1.39 bits per heavy atom. The lowest BCUT2D eigenvalue weighted by Crippen LogP contribution is -2.69. The zero-order valence-electron chi connectivity index (χ0n) is 28.8. The van der Waals surface area contributed by atoms with Crippen molar-refractivity contribution in [3.8, 4) is 23.0 Å². The summed E-state index contributed by atoms with van der Waals surface area (Å²) in [6.07, 6.45) is -1.96. The van der Waals surface area contributed by atoms with Gasteiger partial charge in [-0.2, -0.15) is 0 Å². The van der Waals surface area contributed by atoms with Crippen molar-refractivity contribution in [3.63, 3.8) is 0 Å². The Balaban J connectivity index is 1.14. The molecule has 4 aromatic rings. The van der Waals surface area contributed by atoms with Gasteiger partial charge in [0.25, 0.3) is 0 Å². The molecule has 0 spiro atoms. The van der Waals surface area contributed by atoms with E-state index < -0.39 is 41.1 Å². The number of hydrogen-bond acceptors (Lipinski definition) is 9. The Morgan fingerprint density at radius 1 is 0.612 bits per heavy atom. The fourth-order valence-electron chi connectivity index (χ4n) is 6.76. The first kappa shape index (κ1) is 35.0. The lowest BCUT2D eigenvalue weighted by atomic mass is 9.51. The molecule has 0 atom stereocenters. The van der Waals surface area contributed by atoms with Crippen LogP contribution >= 0.6 is 0 Å². The summed E-state index contributed by atoms with van der Waals surface area (Å²) in [5, 5.41) is 9.61. The second-order valence-electron chi connectivity index (χ2n) is 13.8. The molecule has 0 unspecified atom stereocenters. The maximum Gasteiger partial charge on any atom is 0.519 e. The summed E-state index contributed by atoms with van der Waals surface area (Å²) in [5.41, 5.74) is 1.07. The Labute approximate surface area is 286 Å². The molecule has 4 aromatic carbocycles. The number of aromatic hydroxyl groups is 1. The highest BCUT2D eigenvalue weighted by Crippen LogP contribution is 2.57. The highest BCUT2D eigenvalue weighted by Gasteiger charge is 2.66. The topological polar surface area (TPSA) is 118 Å². The first-order chi connectivity index (χ1) is 23.1. The normalized spacial score (nSPS) is 17.6. The van der Waals surface area contributed by atoms with E-state index in [4.69, 9.17) is 23.7 Å². The molecule has 0 aliphatic heterocycles. The van der Waals surface area contributed by atoms with Gasteiger partial charge in [-0.15, -0.1) is 0 Å². The number of hydrogen-bond donors (Lipinski definition) is 1. The quantitative estimate of drug-likeness (QED) is 0.131. The van der Waals surface area contributed by atoms with Crippen LogP contribution in [0.5, 0.6) is 23.0 Å². The summed E-state index contributed by atoms with van der Waals surface area (Å²) in [4.78, 5) is 38.6. The molecule has 49 heavy (non-hydrogen) atoms. The van der Waals surface area contributed by atoms with Crippen molar-refractivity contribution in [2.45, 2.75) is 66.1 Å². The van der Waals surface area contributed by atoms with Gasteiger partial charge in [0.05, 0.1) is 17.7 Å². The fraction of sp³-hybridized carbons (Fsp3) is 0.325. The minimum atomic E-state index is -0.926. The van der Waals surface area contributed by atoms with Crippen molar-refractivity contribution in [1.82, 2.24) is 0 Å². The van der Waals surface area contributed by atoms with Gasteiger partial charge < -0.3 is 28.8 Å². The SMILES string of the molecule is CCOc1ccc(C(=O)OC2C(C)(C)C(OC(=O)c3ccc(OC(=O)Oc4ccc(C(C)(C)c5ccc(O)cc5)cc4)cc3)C2(C)C)cc1. The van der Waals surface area contributed by atoms with E-state index >= 15 is 0 Å². The number of esters is 2. The standard InChI is InChI=1S/C40H42O9/c1-8-45-30-19-9-25(10-20-30)33(42)48-35-39(4,5)36(40(35,6)7)49-34(43)26-11-21-31(22-12-26)46-37(44)47-32-23-15-28(16-24-32)38(2,3)27-13-17-29(41)18-14-27/h9-24,35-36,41H,8H2,1-7H3. The largest absolute Gasteiger partial charge is 0.519 e. The molecule has 256 valence electrons. The van der Waals surface area contributed by atoms with Gasteiger partial charge in [0.15, 0.2) is 0 Å². The predicted octanol–water partition coefficient (Wildman–Crippen LogP) is 8.51. The molecular weight excluding hydrogens is 624 g/mol. The molecule has 0 saturated heterocycles. The number of carbonyl (C=O) groups excluding carboxylic acids is 3. The molecule has 0 amide bonds. The Kier molecular flexibility index (Phi) is 9.76. The van der Waals surface area contributed by atoms with Crippen LogP contribution in [-0.4, -0.2) is 42.0 Å². The minimum absolute atomic E-state index is 0.192. The van der Waals surface area contributed by atoms with E-state index in [1.54, 1.807) is 48.5 Å². The molecule has 1 N–H and O–H groups in total. The zero-order valence-corrected chi connectivity index (χ0v) is 28.8. The number of rotatable bonds is 10. The highest BCUT2D eigenvalue weighted by molar-refractivity contribution is 5.90. The van der Waals surface area contributed by atoms with Crippen molar-refractivity contribution in [3.05, 3.63) is 119 Å². The van der Waals surface area contributed by atoms with E-state index in [1.165, 1.54) is 24.3 Å².